The van der Waals surface area contributed by atoms with E-state index in [9.17, 15) is 13.2 Å². The zero-order chi connectivity index (χ0) is 12.3. The minimum absolute atomic E-state index is 0.140. The van der Waals surface area contributed by atoms with Crippen molar-refractivity contribution in [1.82, 2.24) is 4.89 Å². The van der Waals surface area contributed by atoms with Gasteiger partial charge in [-0.25, -0.2) is 13.2 Å². The average Bonchev–Trinajstić information content (AvgIpc) is 2.17. The number of carboxylic acid groups (broad SMARTS) is 1. The zero-order valence-electron chi connectivity index (χ0n) is 8.10. The van der Waals surface area contributed by atoms with Crippen LogP contribution in [0.15, 0.2) is 27.6 Å². The highest BCUT2D eigenvalue weighted by molar-refractivity contribution is 9.10. The number of hydrogen-bond acceptors (Lipinski definition) is 4. The molecule has 0 saturated heterocycles. The van der Waals surface area contributed by atoms with E-state index in [1.54, 1.807) is 4.89 Å². The van der Waals surface area contributed by atoms with E-state index < -0.39 is 16.0 Å². The van der Waals surface area contributed by atoms with E-state index in [4.69, 9.17) is 5.11 Å². The minimum Gasteiger partial charge on any atom is -0.478 e. The van der Waals surface area contributed by atoms with Crippen LogP contribution in [-0.2, 0) is 14.9 Å². The van der Waals surface area contributed by atoms with Crippen molar-refractivity contribution in [2.75, 3.05) is 7.11 Å². The van der Waals surface area contributed by atoms with Crippen molar-refractivity contribution in [2.24, 2.45) is 0 Å². The van der Waals surface area contributed by atoms with Crippen LogP contribution in [0.1, 0.15) is 10.4 Å². The van der Waals surface area contributed by atoms with Gasteiger partial charge in [-0.2, -0.15) is 0 Å². The van der Waals surface area contributed by atoms with E-state index >= 15 is 0 Å². The molecule has 0 spiro atoms. The molecule has 0 amide bonds. The number of halogens is 1. The third-order valence-electron chi connectivity index (χ3n) is 1.67. The van der Waals surface area contributed by atoms with Crippen LogP contribution < -0.4 is 4.89 Å². The summed E-state index contributed by atoms with van der Waals surface area (Å²) < 4.78 is 23.3. The van der Waals surface area contributed by atoms with Crippen LogP contribution in [0, 0.1) is 0 Å². The monoisotopic (exact) mass is 309 g/mol. The van der Waals surface area contributed by atoms with Crippen LogP contribution in [0.25, 0.3) is 0 Å². The first-order chi connectivity index (χ1) is 7.38. The molecule has 0 aliphatic heterocycles. The Morgan fingerprint density at radius 1 is 1.50 bits per heavy atom. The zero-order valence-corrected chi connectivity index (χ0v) is 10.5. The molecule has 0 fully saturated rings. The lowest BCUT2D eigenvalue weighted by molar-refractivity contribution is 0.0695. The highest BCUT2D eigenvalue weighted by atomic mass is 79.9. The van der Waals surface area contributed by atoms with E-state index in [1.165, 1.54) is 12.1 Å². The molecule has 0 heterocycles. The van der Waals surface area contributed by atoms with E-state index in [0.717, 1.165) is 13.2 Å². The molecular formula is C8H8BrNO5S. The second kappa shape index (κ2) is 4.91. The number of rotatable bonds is 4. The largest absolute Gasteiger partial charge is 0.478 e. The standard InChI is InChI=1S/C8H8BrNO5S/c1-15-10-16(13,14)5-2-3-7(9)6(4-5)8(11)12/h2-4,10H,1H3,(H,11,12). The number of benzene rings is 1. The molecule has 0 aliphatic rings. The Morgan fingerprint density at radius 3 is 2.62 bits per heavy atom. The van der Waals surface area contributed by atoms with E-state index in [-0.39, 0.29) is 10.5 Å². The van der Waals surface area contributed by atoms with Gasteiger partial charge in [-0.1, -0.05) is 4.89 Å². The topological polar surface area (TPSA) is 92.7 Å². The maximum atomic E-state index is 11.5. The van der Waals surface area contributed by atoms with Gasteiger partial charge in [0.25, 0.3) is 10.0 Å². The minimum atomic E-state index is -3.84. The number of sulfonamides is 1. The Bertz CT molecular complexity index is 513. The number of carbonyl (C=O) groups is 1. The molecule has 1 aromatic carbocycles. The summed E-state index contributed by atoms with van der Waals surface area (Å²) in [5.41, 5.74) is -0.140. The fraction of sp³-hybridized carbons (Fsp3) is 0.125. The Kier molecular flexibility index (Phi) is 4.03. The lowest BCUT2D eigenvalue weighted by Gasteiger charge is -2.06. The van der Waals surface area contributed by atoms with Gasteiger partial charge in [0.15, 0.2) is 0 Å². The maximum Gasteiger partial charge on any atom is 0.336 e. The molecule has 0 aliphatic carbocycles. The molecular weight excluding hydrogens is 302 g/mol. The number of aromatic carboxylic acids is 1. The van der Waals surface area contributed by atoms with Crippen molar-refractivity contribution >= 4 is 31.9 Å². The van der Waals surface area contributed by atoms with Crippen LogP contribution in [0.3, 0.4) is 0 Å². The van der Waals surface area contributed by atoms with Crippen molar-refractivity contribution < 1.29 is 23.2 Å². The summed E-state index contributed by atoms with van der Waals surface area (Å²) in [6.45, 7) is 0. The van der Waals surface area contributed by atoms with Gasteiger partial charge in [0.2, 0.25) is 0 Å². The molecule has 1 aromatic rings. The Hall–Kier alpha value is -0.960. The van der Waals surface area contributed by atoms with Gasteiger partial charge in [-0.15, -0.1) is 0 Å². The fourth-order valence-corrected chi connectivity index (χ4v) is 2.25. The van der Waals surface area contributed by atoms with Crippen molar-refractivity contribution in [2.45, 2.75) is 4.90 Å². The van der Waals surface area contributed by atoms with Crippen LogP contribution in [0.5, 0.6) is 0 Å². The Labute approximate surface area is 100 Å². The van der Waals surface area contributed by atoms with E-state index in [0.29, 0.717) is 4.47 Å². The van der Waals surface area contributed by atoms with Gasteiger partial charge in [-0.3, -0.25) is 4.84 Å². The summed E-state index contributed by atoms with van der Waals surface area (Å²) in [4.78, 5) is 16.7. The Morgan fingerprint density at radius 2 is 2.12 bits per heavy atom. The van der Waals surface area contributed by atoms with E-state index in [1.807, 2.05) is 0 Å². The molecule has 1 rings (SSSR count). The quantitative estimate of drug-likeness (QED) is 0.809. The normalized spacial score (nSPS) is 11.4. The van der Waals surface area contributed by atoms with Crippen molar-refractivity contribution in [1.29, 1.82) is 0 Å². The molecule has 16 heavy (non-hydrogen) atoms. The summed E-state index contributed by atoms with van der Waals surface area (Å²) in [6.07, 6.45) is 0. The van der Waals surface area contributed by atoms with Gasteiger partial charge in [0.1, 0.15) is 0 Å². The summed E-state index contributed by atoms with van der Waals surface area (Å²) in [5.74, 6) is -1.22. The highest BCUT2D eigenvalue weighted by Crippen LogP contribution is 2.20. The smallest absolute Gasteiger partial charge is 0.336 e. The third kappa shape index (κ3) is 2.79. The first-order valence-corrected chi connectivity index (χ1v) is 6.23. The fourth-order valence-electron chi connectivity index (χ4n) is 0.993. The number of carboxylic acids is 1. The predicted octanol–water partition coefficient (Wildman–Crippen LogP) is 0.987. The molecule has 6 nitrogen and oxygen atoms in total. The highest BCUT2D eigenvalue weighted by Gasteiger charge is 2.17. The summed E-state index contributed by atoms with van der Waals surface area (Å²) in [7, 11) is -2.69. The summed E-state index contributed by atoms with van der Waals surface area (Å²) in [5, 5.41) is 8.81. The lowest BCUT2D eigenvalue weighted by atomic mass is 10.2. The second-order valence-electron chi connectivity index (χ2n) is 2.74. The number of hydrogen-bond donors (Lipinski definition) is 2. The van der Waals surface area contributed by atoms with Gasteiger partial charge < -0.3 is 5.11 Å². The van der Waals surface area contributed by atoms with Crippen LogP contribution in [0.2, 0.25) is 0 Å². The van der Waals surface area contributed by atoms with Gasteiger partial charge in [0.05, 0.1) is 17.6 Å². The molecule has 0 radical (unpaired) electrons. The SMILES string of the molecule is CONS(=O)(=O)c1ccc(Br)c(C(=O)O)c1. The average molecular weight is 310 g/mol. The third-order valence-corrected chi connectivity index (χ3v) is 3.62. The van der Waals surface area contributed by atoms with Gasteiger partial charge in [0, 0.05) is 4.47 Å². The molecule has 0 atom stereocenters. The number of nitrogens with one attached hydrogen (secondary N) is 1. The van der Waals surface area contributed by atoms with Crippen molar-refractivity contribution in [3.05, 3.63) is 28.2 Å². The molecule has 2 N–H and O–H groups in total. The molecule has 0 unspecified atom stereocenters. The molecule has 88 valence electrons. The van der Waals surface area contributed by atoms with Gasteiger partial charge >= 0.3 is 5.97 Å². The van der Waals surface area contributed by atoms with Crippen LogP contribution >= 0.6 is 15.9 Å². The Balaban J connectivity index is 3.28. The maximum absolute atomic E-state index is 11.5. The van der Waals surface area contributed by atoms with Crippen molar-refractivity contribution in [3.8, 4) is 0 Å². The lowest BCUT2D eigenvalue weighted by Crippen LogP contribution is -2.22. The van der Waals surface area contributed by atoms with Crippen molar-refractivity contribution in [3.63, 3.8) is 0 Å². The second-order valence-corrected chi connectivity index (χ2v) is 5.24. The van der Waals surface area contributed by atoms with Crippen LogP contribution in [-0.4, -0.2) is 26.6 Å². The molecule has 0 bridgehead atoms. The first-order valence-electron chi connectivity index (χ1n) is 3.96. The van der Waals surface area contributed by atoms with E-state index in [2.05, 4.69) is 20.8 Å². The summed E-state index contributed by atoms with van der Waals surface area (Å²) in [6, 6.07) is 3.64. The predicted molar refractivity (Wildman–Crippen MR) is 58.4 cm³/mol. The summed E-state index contributed by atoms with van der Waals surface area (Å²) >= 11 is 3.01. The molecule has 0 aromatic heterocycles. The first kappa shape index (κ1) is 13.1. The molecule has 8 heteroatoms. The van der Waals surface area contributed by atoms with Crippen LogP contribution in [0.4, 0.5) is 0 Å². The molecule has 0 saturated carbocycles. The van der Waals surface area contributed by atoms with Gasteiger partial charge in [-0.05, 0) is 34.1 Å².